The number of ether oxygens (including phenoxy) is 1. The average Bonchev–Trinajstić information content (AvgIpc) is 3.29. The first-order valence-corrected chi connectivity index (χ1v) is 11.7. The van der Waals surface area contributed by atoms with Gasteiger partial charge < -0.3 is 19.9 Å². The second-order valence-electron chi connectivity index (χ2n) is 8.74. The molecular formula is C26H31N3O2S. The van der Waals surface area contributed by atoms with Crippen LogP contribution in [0.4, 0.5) is 0 Å². The highest BCUT2D eigenvalue weighted by molar-refractivity contribution is 7.80. The van der Waals surface area contributed by atoms with Gasteiger partial charge in [0, 0.05) is 24.2 Å². The van der Waals surface area contributed by atoms with Gasteiger partial charge in [-0.2, -0.15) is 0 Å². The second-order valence-corrected chi connectivity index (χ2v) is 9.13. The van der Waals surface area contributed by atoms with Gasteiger partial charge in [-0.15, -0.1) is 0 Å². The number of aryl methyl sites for hydroxylation is 2. The van der Waals surface area contributed by atoms with Crippen LogP contribution < -0.4 is 10.9 Å². The lowest BCUT2D eigenvalue weighted by Crippen LogP contribution is -2.44. The maximum absolute atomic E-state index is 12.9. The van der Waals surface area contributed by atoms with Crippen LogP contribution in [0.2, 0.25) is 0 Å². The molecule has 2 heterocycles. The third-order valence-electron chi connectivity index (χ3n) is 6.27. The Hall–Kier alpha value is -2.70. The number of rotatable bonds is 6. The number of benzene rings is 2. The standard InChI is InChI=1S/C26H31N3O2S/c1-17-12-21-14-22(25(30)28-24(21)13-18(17)2)15-29(16-23-10-7-11-31-23)26(32)27-19(3)20-8-5-4-6-9-20/h4-6,8-9,12-14,19,23H,7,10-11,15-16H2,1-3H3,(H,27,32)(H,28,30). The highest BCUT2D eigenvalue weighted by atomic mass is 32.1. The van der Waals surface area contributed by atoms with Crippen molar-refractivity contribution in [2.45, 2.75) is 52.3 Å². The third-order valence-corrected chi connectivity index (χ3v) is 6.65. The van der Waals surface area contributed by atoms with E-state index in [2.05, 4.69) is 54.2 Å². The molecule has 6 heteroatoms. The van der Waals surface area contributed by atoms with Gasteiger partial charge in [-0.3, -0.25) is 4.79 Å². The molecule has 1 aliphatic heterocycles. The summed E-state index contributed by atoms with van der Waals surface area (Å²) < 4.78 is 5.88. The van der Waals surface area contributed by atoms with E-state index in [4.69, 9.17) is 17.0 Å². The van der Waals surface area contributed by atoms with E-state index >= 15 is 0 Å². The Balaban J connectivity index is 1.58. The molecule has 0 aliphatic carbocycles. The fourth-order valence-corrected chi connectivity index (χ4v) is 4.52. The number of hydrogen-bond donors (Lipinski definition) is 2. The number of hydrogen-bond acceptors (Lipinski definition) is 3. The van der Waals surface area contributed by atoms with Crippen LogP contribution in [0.25, 0.3) is 10.9 Å². The minimum Gasteiger partial charge on any atom is -0.376 e. The van der Waals surface area contributed by atoms with Gasteiger partial charge in [0.2, 0.25) is 0 Å². The molecule has 2 N–H and O–H groups in total. The first-order valence-electron chi connectivity index (χ1n) is 11.3. The Bertz CT molecular complexity index is 1150. The molecule has 168 valence electrons. The Kier molecular flexibility index (Phi) is 6.92. The Morgan fingerprint density at radius 2 is 1.97 bits per heavy atom. The highest BCUT2D eigenvalue weighted by Gasteiger charge is 2.23. The normalized spacial score (nSPS) is 16.8. The molecule has 0 spiro atoms. The number of pyridine rings is 1. The SMILES string of the molecule is Cc1cc2cc(CN(CC3CCCO3)C(=S)NC(C)c3ccccc3)c(=O)[nH]c2cc1C. The monoisotopic (exact) mass is 449 g/mol. The van der Waals surface area contributed by atoms with Crippen molar-refractivity contribution in [3.63, 3.8) is 0 Å². The van der Waals surface area contributed by atoms with E-state index in [9.17, 15) is 4.79 Å². The zero-order valence-corrected chi connectivity index (χ0v) is 19.8. The van der Waals surface area contributed by atoms with Gasteiger partial charge in [0.1, 0.15) is 0 Å². The van der Waals surface area contributed by atoms with Crippen LogP contribution in [-0.2, 0) is 11.3 Å². The average molecular weight is 450 g/mol. The van der Waals surface area contributed by atoms with Gasteiger partial charge >= 0.3 is 0 Å². The van der Waals surface area contributed by atoms with Crippen molar-refractivity contribution in [2.24, 2.45) is 0 Å². The molecule has 32 heavy (non-hydrogen) atoms. The molecule has 0 bridgehead atoms. The van der Waals surface area contributed by atoms with Gasteiger partial charge in [0.05, 0.1) is 18.7 Å². The van der Waals surface area contributed by atoms with Crippen molar-refractivity contribution in [1.29, 1.82) is 0 Å². The predicted molar refractivity (Wildman–Crippen MR) is 134 cm³/mol. The maximum Gasteiger partial charge on any atom is 0.253 e. The van der Waals surface area contributed by atoms with Gasteiger partial charge in [-0.05, 0) is 86.1 Å². The second kappa shape index (κ2) is 9.84. The van der Waals surface area contributed by atoms with Crippen LogP contribution in [0.1, 0.15) is 48.1 Å². The molecule has 2 aromatic carbocycles. The lowest BCUT2D eigenvalue weighted by molar-refractivity contribution is 0.0895. The Morgan fingerprint density at radius 3 is 2.69 bits per heavy atom. The largest absolute Gasteiger partial charge is 0.376 e. The molecule has 3 aromatic rings. The highest BCUT2D eigenvalue weighted by Crippen LogP contribution is 2.20. The van der Waals surface area contributed by atoms with Crippen molar-refractivity contribution >= 4 is 28.2 Å². The zero-order valence-electron chi connectivity index (χ0n) is 19.0. The Morgan fingerprint density at radius 1 is 1.22 bits per heavy atom. The fourth-order valence-electron chi connectivity index (χ4n) is 4.20. The molecule has 2 atom stereocenters. The summed E-state index contributed by atoms with van der Waals surface area (Å²) in [6, 6.07) is 16.5. The minimum absolute atomic E-state index is 0.0659. The number of nitrogens with one attached hydrogen (secondary N) is 2. The summed E-state index contributed by atoms with van der Waals surface area (Å²) in [6.45, 7) is 8.13. The van der Waals surface area contributed by atoms with Crippen molar-refractivity contribution in [2.75, 3.05) is 13.2 Å². The van der Waals surface area contributed by atoms with E-state index in [1.807, 2.05) is 30.3 Å². The molecule has 0 saturated carbocycles. The smallest absolute Gasteiger partial charge is 0.253 e. The zero-order chi connectivity index (χ0) is 22.7. The summed E-state index contributed by atoms with van der Waals surface area (Å²) in [7, 11) is 0. The van der Waals surface area contributed by atoms with Crippen LogP contribution >= 0.6 is 12.2 Å². The van der Waals surface area contributed by atoms with Crippen LogP contribution in [0, 0.1) is 13.8 Å². The summed E-state index contributed by atoms with van der Waals surface area (Å²) in [6.07, 6.45) is 2.21. The number of fused-ring (bicyclic) bond motifs is 1. The molecular weight excluding hydrogens is 418 g/mol. The molecule has 1 saturated heterocycles. The number of H-pyrrole nitrogens is 1. The number of thiocarbonyl (C=S) groups is 1. The van der Waals surface area contributed by atoms with Gasteiger partial charge in [-0.1, -0.05) is 30.3 Å². The van der Waals surface area contributed by atoms with E-state index < -0.39 is 0 Å². The van der Waals surface area contributed by atoms with Crippen molar-refractivity contribution in [1.82, 2.24) is 15.2 Å². The number of aromatic nitrogens is 1. The van der Waals surface area contributed by atoms with E-state index in [0.29, 0.717) is 23.8 Å². The molecule has 1 fully saturated rings. The van der Waals surface area contributed by atoms with Crippen molar-refractivity contribution < 1.29 is 4.74 Å². The summed E-state index contributed by atoms with van der Waals surface area (Å²) in [5.41, 5.74) is 5.04. The summed E-state index contributed by atoms with van der Waals surface area (Å²) in [5.74, 6) is 0. The van der Waals surface area contributed by atoms with Gasteiger partial charge in [-0.25, -0.2) is 0 Å². The molecule has 1 aromatic heterocycles. The first-order chi connectivity index (χ1) is 15.4. The quantitative estimate of drug-likeness (QED) is 0.532. The molecule has 0 radical (unpaired) electrons. The number of nitrogens with zero attached hydrogens (tertiary/aromatic N) is 1. The molecule has 0 amide bonds. The predicted octanol–water partition coefficient (Wildman–Crippen LogP) is 4.76. The van der Waals surface area contributed by atoms with Gasteiger partial charge in [0.15, 0.2) is 5.11 Å². The summed E-state index contributed by atoms with van der Waals surface area (Å²) >= 11 is 5.81. The topological polar surface area (TPSA) is 57.4 Å². The summed E-state index contributed by atoms with van der Waals surface area (Å²) in [5, 5.41) is 5.13. The van der Waals surface area contributed by atoms with Crippen LogP contribution in [0.15, 0.2) is 53.3 Å². The van der Waals surface area contributed by atoms with Gasteiger partial charge in [0.25, 0.3) is 5.56 Å². The maximum atomic E-state index is 12.9. The fraction of sp³-hybridized carbons (Fsp3) is 0.385. The molecule has 4 rings (SSSR count). The third kappa shape index (κ3) is 5.19. The van der Waals surface area contributed by atoms with Crippen LogP contribution in [-0.4, -0.2) is 34.3 Å². The molecule has 1 aliphatic rings. The van der Waals surface area contributed by atoms with Crippen molar-refractivity contribution in [3.8, 4) is 0 Å². The van der Waals surface area contributed by atoms with E-state index in [1.54, 1.807) is 0 Å². The lowest BCUT2D eigenvalue weighted by Gasteiger charge is -2.30. The van der Waals surface area contributed by atoms with Crippen LogP contribution in [0.3, 0.4) is 0 Å². The van der Waals surface area contributed by atoms with E-state index in [0.717, 1.165) is 30.4 Å². The van der Waals surface area contributed by atoms with Crippen LogP contribution in [0.5, 0.6) is 0 Å². The van der Waals surface area contributed by atoms with E-state index in [-0.39, 0.29) is 17.7 Å². The van der Waals surface area contributed by atoms with E-state index in [1.165, 1.54) is 16.7 Å². The lowest BCUT2D eigenvalue weighted by atomic mass is 10.0. The number of aromatic amines is 1. The molecule has 2 unspecified atom stereocenters. The Labute approximate surface area is 194 Å². The molecule has 5 nitrogen and oxygen atoms in total. The first kappa shape index (κ1) is 22.5. The minimum atomic E-state index is -0.0722. The van der Waals surface area contributed by atoms with Crippen molar-refractivity contribution in [3.05, 3.63) is 81.1 Å². The summed E-state index contributed by atoms with van der Waals surface area (Å²) in [4.78, 5) is 18.0.